The fraction of sp³-hybridized carbons (Fsp3) is 0.125. The number of nitrogen functional groups attached to an aromatic ring is 1. The normalized spacial score (nSPS) is 10.5. The maximum absolute atomic E-state index is 12.4. The van der Waals surface area contributed by atoms with Gasteiger partial charge in [-0.1, -0.05) is 11.3 Å². The third kappa shape index (κ3) is 3.04. The topological polar surface area (TPSA) is 86.5 Å². The molecule has 0 unspecified atom stereocenters. The molecule has 1 heterocycles. The highest BCUT2D eigenvalue weighted by molar-refractivity contribution is 7.22. The molecule has 0 spiro atoms. The average Bonchev–Trinajstić information content (AvgIpc) is 2.93. The minimum Gasteiger partial charge on any atom is -0.493 e. The number of hydrogen-bond acceptors (Lipinski definition) is 6. The molecule has 7 heteroatoms. The highest BCUT2D eigenvalue weighted by Gasteiger charge is 2.11. The third-order valence-corrected chi connectivity index (χ3v) is 4.16. The van der Waals surface area contributed by atoms with Crippen molar-refractivity contribution >= 4 is 38.3 Å². The van der Waals surface area contributed by atoms with Crippen molar-refractivity contribution < 1.29 is 14.3 Å². The number of carbonyl (C=O) groups is 1. The summed E-state index contributed by atoms with van der Waals surface area (Å²) in [5, 5.41) is 3.32. The van der Waals surface area contributed by atoms with Gasteiger partial charge in [0.2, 0.25) is 0 Å². The number of nitrogens with zero attached hydrogens (tertiary/aromatic N) is 1. The molecule has 0 fully saturated rings. The number of ether oxygens (including phenoxy) is 2. The van der Waals surface area contributed by atoms with Gasteiger partial charge in [-0.15, -0.1) is 0 Å². The summed E-state index contributed by atoms with van der Waals surface area (Å²) < 4.78 is 11.3. The lowest BCUT2D eigenvalue weighted by atomic mass is 10.2. The van der Waals surface area contributed by atoms with Crippen molar-refractivity contribution in [1.82, 2.24) is 4.98 Å². The number of thiazole rings is 1. The molecule has 1 aromatic heterocycles. The monoisotopic (exact) mass is 329 g/mol. The van der Waals surface area contributed by atoms with Crippen LogP contribution in [0.25, 0.3) is 10.2 Å². The van der Waals surface area contributed by atoms with Crippen molar-refractivity contribution in [2.75, 3.05) is 25.3 Å². The molecule has 3 aromatic rings. The van der Waals surface area contributed by atoms with E-state index in [0.717, 1.165) is 10.2 Å². The summed E-state index contributed by atoms with van der Waals surface area (Å²) in [7, 11) is 3.11. The van der Waals surface area contributed by atoms with Crippen LogP contribution < -0.4 is 20.5 Å². The summed E-state index contributed by atoms with van der Waals surface area (Å²) in [5.74, 6) is 0.939. The maximum atomic E-state index is 12.4. The Morgan fingerprint density at radius 3 is 2.65 bits per heavy atom. The fourth-order valence-corrected chi connectivity index (χ4v) is 2.97. The number of hydrogen-bond donors (Lipinski definition) is 2. The standard InChI is InChI=1S/C16H15N3O3S/c1-21-12-6-4-10(8-13(12)22-2)18-15(20)9-3-5-11-14(7-9)23-16(17)19-11/h3-8H,1-2H3,(H2,17,19)(H,18,20). The molecule has 0 aliphatic heterocycles. The van der Waals surface area contributed by atoms with Crippen LogP contribution in [0, 0.1) is 0 Å². The van der Waals surface area contributed by atoms with E-state index < -0.39 is 0 Å². The minimum atomic E-state index is -0.217. The first-order valence-electron chi connectivity index (χ1n) is 6.80. The molecule has 0 saturated heterocycles. The summed E-state index contributed by atoms with van der Waals surface area (Å²) in [6.45, 7) is 0. The predicted octanol–water partition coefficient (Wildman–Crippen LogP) is 3.15. The van der Waals surface area contributed by atoms with Gasteiger partial charge in [-0.3, -0.25) is 4.79 Å². The predicted molar refractivity (Wildman–Crippen MR) is 91.5 cm³/mol. The zero-order valence-electron chi connectivity index (χ0n) is 12.6. The lowest BCUT2D eigenvalue weighted by Gasteiger charge is -2.10. The smallest absolute Gasteiger partial charge is 0.255 e. The summed E-state index contributed by atoms with van der Waals surface area (Å²) in [6.07, 6.45) is 0. The fourth-order valence-electron chi connectivity index (χ4n) is 2.20. The number of benzene rings is 2. The van der Waals surface area contributed by atoms with Gasteiger partial charge in [-0.2, -0.15) is 0 Å². The van der Waals surface area contributed by atoms with Gasteiger partial charge in [0.25, 0.3) is 5.91 Å². The molecular formula is C16H15N3O3S. The van der Waals surface area contributed by atoms with E-state index in [1.54, 1.807) is 50.6 Å². The molecule has 118 valence electrons. The highest BCUT2D eigenvalue weighted by Crippen LogP contribution is 2.30. The van der Waals surface area contributed by atoms with E-state index in [-0.39, 0.29) is 5.91 Å². The minimum absolute atomic E-state index is 0.217. The quantitative estimate of drug-likeness (QED) is 0.768. The molecule has 0 aliphatic rings. The molecule has 1 amide bonds. The summed E-state index contributed by atoms with van der Waals surface area (Å²) in [4.78, 5) is 16.6. The maximum Gasteiger partial charge on any atom is 0.255 e. The molecule has 6 nitrogen and oxygen atoms in total. The first-order chi connectivity index (χ1) is 11.1. The van der Waals surface area contributed by atoms with Crippen molar-refractivity contribution in [3.63, 3.8) is 0 Å². The summed E-state index contributed by atoms with van der Waals surface area (Å²) >= 11 is 1.35. The van der Waals surface area contributed by atoms with Gasteiger partial charge in [0, 0.05) is 17.3 Å². The number of carbonyl (C=O) groups excluding carboxylic acids is 1. The number of methoxy groups -OCH3 is 2. The molecule has 0 bridgehead atoms. The van der Waals surface area contributed by atoms with Gasteiger partial charge in [0.05, 0.1) is 24.4 Å². The first kappa shape index (κ1) is 15.1. The van der Waals surface area contributed by atoms with Gasteiger partial charge in [-0.05, 0) is 30.3 Å². The lowest BCUT2D eigenvalue weighted by molar-refractivity contribution is 0.102. The van der Waals surface area contributed by atoms with Crippen LogP contribution in [0.15, 0.2) is 36.4 Å². The van der Waals surface area contributed by atoms with E-state index in [1.807, 2.05) is 0 Å². The third-order valence-electron chi connectivity index (χ3n) is 3.31. The molecule has 23 heavy (non-hydrogen) atoms. The van der Waals surface area contributed by atoms with E-state index in [1.165, 1.54) is 11.3 Å². The van der Waals surface area contributed by atoms with Crippen LogP contribution >= 0.6 is 11.3 Å². The molecule has 3 N–H and O–H groups in total. The van der Waals surface area contributed by atoms with Crippen molar-refractivity contribution in [2.45, 2.75) is 0 Å². The van der Waals surface area contributed by atoms with E-state index in [2.05, 4.69) is 10.3 Å². The molecule has 0 saturated carbocycles. The van der Waals surface area contributed by atoms with Gasteiger partial charge >= 0.3 is 0 Å². The van der Waals surface area contributed by atoms with Crippen LogP contribution in [0.5, 0.6) is 11.5 Å². The van der Waals surface area contributed by atoms with Gasteiger partial charge in [0.1, 0.15) is 0 Å². The number of rotatable bonds is 4. The van der Waals surface area contributed by atoms with Crippen LogP contribution in [0.3, 0.4) is 0 Å². The molecule has 2 aromatic carbocycles. The number of fused-ring (bicyclic) bond motifs is 1. The van der Waals surface area contributed by atoms with Crippen LogP contribution in [0.1, 0.15) is 10.4 Å². The average molecular weight is 329 g/mol. The highest BCUT2D eigenvalue weighted by atomic mass is 32.1. The lowest BCUT2D eigenvalue weighted by Crippen LogP contribution is -2.11. The number of nitrogens with two attached hydrogens (primary N) is 1. The number of aromatic nitrogens is 1. The van der Waals surface area contributed by atoms with Crippen LogP contribution in [0.4, 0.5) is 10.8 Å². The zero-order valence-corrected chi connectivity index (χ0v) is 13.4. The second-order valence-corrected chi connectivity index (χ2v) is 5.82. The Kier molecular flexibility index (Phi) is 4.03. The number of amides is 1. The van der Waals surface area contributed by atoms with Crippen LogP contribution in [-0.4, -0.2) is 25.1 Å². The van der Waals surface area contributed by atoms with Gasteiger partial charge < -0.3 is 20.5 Å². The Labute approximate surface area is 136 Å². The molecule has 0 aliphatic carbocycles. The van der Waals surface area contributed by atoms with E-state index >= 15 is 0 Å². The second-order valence-electron chi connectivity index (χ2n) is 4.76. The summed E-state index contributed by atoms with van der Waals surface area (Å²) in [6, 6.07) is 10.5. The van der Waals surface area contributed by atoms with Crippen molar-refractivity contribution in [1.29, 1.82) is 0 Å². The Hall–Kier alpha value is -2.80. The van der Waals surface area contributed by atoms with Crippen molar-refractivity contribution in [3.05, 3.63) is 42.0 Å². The summed E-state index contributed by atoms with van der Waals surface area (Å²) in [5.41, 5.74) is 7.63. The Bertz CT molecular complexity index is 876. The van der Waals surface area contributed by atoms with Crippen molar-refractivity contribution in [3.8, 4) is 11.5 Å². The van der Waals surface area contributed by atoms with Crippen molar-refractivity contribution in [2.24, 2.45) is 0 Å². The number of nitrogens with one attached hydrogen (secondary N) is 1. The molecule has 0 atom stereocenters. The van der Waals surface area contributed by atoms with E-state index in [4.69, 9.17) is 15.2 Å². The zero-order chi connectivity index (χ0) is 16.4. The molecular weight excluding hydrogens is 314 g/mol. The van der Waals surface area contributed by atoms with E-state index in [9.17, 15) is 4.79 Å². The first-order valence-corrected chi connectivity index (χ1v) is 7.62. The van der Waals surface area contributed by atoms with Gasteiger partial charge in [-0.25, -0.2) is 4.98 Å². The molecule has 0 radical (unpaired) electrons. The number of anilines is 2. The Morgan fingerprint density at radius 1 is 1.13 bits per heavy atom. The Morgan fingerprint density at radius 2 is 1.91 bits per heavy atom. The largest absolute Gasteiger partial charge is 0.493 e. The second kappa shape index (κ2) is 6.13. The SMILES string of the molecule is COc1ccc(NC(=O)c2ccc3nc(N)sc3c2)cc1OC. The van der Waals surface area contributed by atoms with Crippen LogP contribution in [-0.2, 0) is 0 Å². The molecule has 3 rings (SSSR count). The van der Waals surface area contributed by atoms with Gasteiger partial charge in [0.15, 0.2) is 16.6 Å². The van der Waals surface area contributed by atoms with E-state index in [0.29, 0.717) is 27.9 Å². The Balaban J connectivity index is 1.85. The van der Waals surface area contributed by atoms with Crippen LogP contribution in [0.2, 0.25) is 0 Å².